The lowest BCUT2D eigenvalue weighted by Gasteiger charge is -2.25. The van der Waals surface area contributed by atoms with E-state index in [0.717, 1.165) is 24.8 Å². The van der Waals surface area contributed by atoms with E-state index in [9.17, 15) is 5.11 Å². The Morgan fingerprint density at radius 1 is 1.06 bits per heavy atom. The molecule has 0 bridgehead atoms. The van der Waals surface area contributed by atoms with Crippen LogP contribution in [-0.2, 0) is 4.74 Å². The summed E-state index contributed by atoms with van der Waals surface area (Å²) in [6.45, 7) is 28.4. The zero-order valence-corrected chi connectivity index (χ0v) is 22.7. The van der Waals surface area contributed by atoms with Crippen molar-refractivity contribution in [2.24, 2.45) is 16.7 Å². The molecule has 2 heteroatoms. The molecule has 0 fully saturated rings. The SMILES string of the molecule is C=C/C(=C\C(=C/CC(C)(C)C)C(C)(C)C)C(O)OCC(=C)CC/C(=C\C)C(CC)CCC. The van der Waals surface area contributed by atoms with Crippen LogP contribution in [0.25, 0.3) is 0 Å². The molecule has 0 saturated carbocycles. The summed E-state index contributed by atoms with van der Waals surface area (Å²) in [6.07, 6.45) is 13.8. The van der Waals surface area contributed by atoms with Crippen LogP contribution in [0.5, 0.6) is 0 Å². The van der Waals surface area contributed by atoms with Crippen molar-refractivity contribution in [2.75, 3.05) is 6.61 Å². The Bertz CT molecular complexity index is 662. The van der Waals surface area contributed by atoms with Crippen LogP contribution in [0.4, 0.5) is 0 Å². The molecule has 1 N–H and O–H groups in total. The molecule has 0 aliphatic heterocycles. The Balaban J connectivity index is 5.10. The van der Waals surface area contributed by atoms with Gasteiger partial charge in [-0.15, -0.1) is 0 Å². The fraction of sp³-hybridized carbons (Fsp3) is 0.667. The topological polar surface area (TPSA) is 29.5 Å². The van der Waals surface area contributed by atoms with Crippen molar-refractivity contribution in [3.63, 3.8) is 0 Å². The van der Waals surface area contributed by atoms with Crippen molar-refractivity contribution in [1.29, 1.82) is 0 Å². The van der Waals surface area contributed by atoms with Gasteiger partial charge in [-0.2, -0.15) is 0 Å². The van der Waals surface area contributed by atoms with Crippen molar-refractivity contribution in [3.05, 3.63) is 59.8 Å². The zero-order valence-electron chi connectivity index (χ0n) is 22.7. The molecular weight excluding hydrogens is 392 g/mol. The van der Waals surface area contributed by atoms with Gasteiger partial charge in [-0.3, -0.25) is 0 Å². The first kappa shape index (κ1) is 30.6. The molecule has 0 rings (SSSR count). The van der Waals surface area contributed by atoms with Gasteiger partial charge in [0.2, 0.25) is 0 Å². The van der Waals surface area contributed by atoms with Crippen LogP contribution in [-0.4, -0.2) is 18.0 Å². The molecule has 0 aliphatic carbocycles. The van der Waals surface area contributed by atoms with Gasteiger partial charge < -0.3 is 9.84 Å². The number of ether oxygens (including phenoxy) is 1. The van der Waals surface area contributed by atoms with Gasteiger partial charge in [-0.05, 0) is 61.3 Å². The number of allylic oxidation sites excluding steroid dienone is 5. The van der Waals surface area contributed by atoms with Crippen LogP contribution in [0.15, 0.2) is 59.8 Å². The van der Waals surface area contributed by atoms with Gasteiger partial charge >= 0.3 is 0 Å². The molecule has 0 radical (unpaired) electrons. The fourth-order valence-electron chi connectivity index (χ4n) is 3.68. The molecule has 184 valence electrons. The highest BCUT2D eigenvalue weighted by molar-refractivity contribution is 5.34. The van der Waals surface area contributed by atoms with Crippen molar-refractivity contribution in [1.82, 2.24) is 0 Å². The van der Waals surface area contributed by atoms with Crippen molar-refractivity contribution < 1.29 is 9.84 Å². The summed E-state index contributed by atoms with van der Waals surface area (Å²) >= 11 is 0. The first-order valence-electron chi connectivity index (χ1n) is 12.4. The van der Waals surface area contributed by atoms with Crippen molar-refractivity contribution >= 4 is 0 Å². The third-order valence-electron chi connectivity index (χ3n) is 5.88. The van der Waals surface area contributed by atoms with Gasteiger partial charge in [0.1, 0.15) is 0 Å². The van der Waals surface area contributed by atoms with Crippen molar-refractivity contribution in [3.8, 4) is 0 Å². The monoisotopic (exact) mass is 444 g/mol. The van der Waals surface area contributed by atoms with E-state index in [1.807, 2.05) is 6.08 Å². The average molecular weight is 445 g/mol. The Morgan fingerprint density at radius 3 is 2.12 bits per heavy atom. The Hall–Kier alpha value is -1.38. The summed E-state index contributed by atoms with van der Waals surface area (Å²) in [7, 11) is 0. The third-order valence-corrected chi connectivity index (χ3v) is 5.88. The molecule has 0 heterocycles. The summed E-state index contributed by atoms with van der Waals surface area (Å²) in [5.74, 6) is 0.662. The molecule has 0 amide bonds. The molecule has 2 atom stereocenters. The van der Waals surface area contributed by atoms with Crippen LogP contribution in [0.1, 0.15) is 101 Å². The normalized spacial score (nSPS) is 16.1. The smallest absolute Gasteiger partial charge is 0.181 e. The van der Waals surface area contributed by atoms with E-state index in [0.29, 0.717) is 18.1 Å². The molecule has 0 aromatic rings. The lowest BCUT2D eigenvalue weighted by atomic mass is 9.82. The summed E-state index contributed by atoms with van der Waals surface area (Å²) in [4.78, 5) is 0. The number of aliphatic hydroxyl groups excluding tert-OH is 1. The largest absolute Gasteiger partial charge is 0.364 e. The standard InChI is InChI=1S/C30H52O2/c1-12-16-24(13-2)25(14-3)18-17-23(5)22-32-28(31)26(15-4)21-27(30(9,10)11)19-20-29(6,7)8/h14-15,19,21,24,28,31H,4-5,12-13,16-18,20,22H2,1-3,6-11H3/b25-14+,26-21+,27-19+. The molecule has 32 heavy (non-hydrogen) atoms. The first-order valence-corrected chi connectivity index (χ1v) is 12.4. The maximum Gasteiger partial charge on any atom is 0.181 e. The van der Waals surface area contributed by atoms with E-state index in [1.54, 1.807) is 6.08 Å². The lowest BCUT2D eigenvalue weighted by Crippen LogP contribution is -2.18. The number of aliphatic hydroxyl groups is 1. The summed E-state index contributed by atoms with van der Waals surface area (Å²) in [5, 5.41) is 10.7. The molecular formula is C30H52O2. The Labute approximate surface area is 200 Å². The van der Waals surface area contributed by atoms with Gasteiger partial charge in [0.05, 0.1) is 6.61 Å². The molecule has 0 aromatic heterocycles. The van der Waals surface area contributed by atoms with E-state index in [2.05, 4.69) is 87.6 Å². The number of hydrogen-bond acceptors (Lipinski definition) is 2. The van der Waals surface area contributed by atoms with Gasteiger partial charge in [-0.1, -0.05) is 110 Å². The van der Waals surface area contributed by atoms with E-state index >= 15 is 0 Å². The van der Waals surface area contributed by atoms with Gasteiger partial charge in [0, 0.05) is 5.57 Å². The predicted octanol–water partition coefficient (Wildman–Crippen LogP) is 8.95. The Morgan fingerprint density at radius 2 is 1.69 bits per heavy atom. The quantitative estimate of drug-likeness (QED) is 0.164. The molecule has 0 spiro atoms. The van der Waals surface area contributed by atoms with E-state index in [4.69, 9.17) is 4.74 Å². The van der Waals surface area contributed by atoms with Gasteiger partial charge in [0.15, 0.2) is 6.29 Å². The summed E-state index contributed by atoms with van der Waals surface area (Å²) in [6, 6.07) is 0. The lowest BCUT2D eigenvalue weighted by molar-refractivity contribution is -0.0612. The molecule has 0 aliphatic rings. The highest BCUT2D eigenvalue weighted by atomic mass is 16.6. The van der Waals surface area contributed by atoms with Crippen LogP contribution >= 0.6 is 0 Å². The minimum absolute atomic E-state index is 0.0278. The van der Waals surface area contributed by atoms with Crippen LogP contribution in [0.3, 0.4) is 0 Å². The number of rotatable bonds is 14. The van der Waals surface area contributed by atoms with Crippen molar-refractivity contribution in [2.45, 2.75) is 107 Å². The van der Waals surface area contributed by atoms with E-state index < -0.39 is 6.29 Å². The zero-order chi connectivity index (χ0) is 24.9. The van der Waals surface area contributed by atoms with Crippen LogP contribution in [0, 0.1) is 16.7 Å². The van der Waals surface area contributed by atoms with Crippen LogP contribution < -0.4 is 0 Å². The second-order valence-corrected chi connectivity index (χ2v) is 11.2. The predicted molar refractivity (Wildman–Crippen MR) is 143 cm³/mol. The highest BCUT2D eigenvalue weighted by Crippen LogP contribution is 2.31. The average Bonchev–Trinajstić information content (AvgIpc) is 2.69. The van der Waals surface area contributed by atoms with E-state index in [1.165, 1.54) is 30.4 Å². The molecule has 2 unspecified atom stereocenters. The maximum atomic E-state index is 10.7. The molecule has 2 nitrogen and oxygen atoms in total. The maximum absolute atomic E-state index is 10.7. The van der Waals surface area contributed by atoms with Crippen LogP contribution in [0.2, 0.25) is 0 Å². The minimum Gasteiger partial charge on any atom is -0.364 e. The minimum atomic E-state index is -1.01. The Kier molecular flexibility index (Phi) is 14.1. The summed E-state index contributed by atoms with van der Waals surface area (Å²) in [5.41, 5.74) is 4.59. The van der Waals surface area contributed by atoms with E-state index in [-0.39, 0.29) is 10.8 Å². The molecule has 0 saturated heterocycles. The second-order valence-electron chi connectivity index (χ2n) is 11.2. The second kappa shape index (κ2) is 14.7. The summed E-state index contributed by atoms with van der Waals surface area (Å²) < 4.78 is 5.79. The highest BCUT2D eigenvalue weighted by Gasteiger charge is 2.19. The fourth-order valence-corrected chi connectivity index (χ4v) is 3.68. The first-order chi connectivity index (χ1) is 14.8. The molecule has 0 aromatic carbocycles. The third kappa shape index (κ3) is 12.6. The van der Waals surface area contributed by atoms with Gasteiger partial charge in [0.25, 0.3) is 0 Å². The van der Waals surface area contributed by atoms with Gasteiger partial charge in [-0.25, -0.2) is 0 Å². The number of hydrogen-bond donors (Lipinski definition) is 1.